The van der Waals surface area contributed by atoms with Crippen molar-refractivity contribution in [2.24, 2.45) is 0 Å². The van der Waals surface area contributed by atoms with E-state index in [9.17, 15) is 13.2 Å². The van der Waals surface area contributed by atoms with Crippen LogP contribution in [0.15, 0.2) is 47.6 Å². The number of hydrogen-bond donors (Lipinski definition) is 2. The van der Waals surface area contributed by atoms with Crippen molar-refractivity contribution < 1.29 is 23.1 Å². The van der Waals surface area contributed by atoms with Crippen LogP contribution in [0.25, 0.3) is 0 Å². The van der Waals surface area contributed by atoms with Gasteiger partial charge in [0.05, 0.1) is 4.90 Å². The number of carbonyl (C=O) groups is 1. The summed E-state index contributed by atoms with van der Waals surface area (Å²) in [5.41, 5.74) is 0. The Kier molecular flexibility index (Phi) is 4.33. The smallest absolute Gasteiger partial charge is 0.341 e. The third-order valence-corrected chi connectivity index (χ3v) is 3.63. The summed E-state index contributed by atoms with van der Waals surface area (Å²) >= 11 is 0. The first-order valence-corrected chi connectivity index (χ1v) is 7.20. The van der Waals surface area contributed by atoms with Gasteiger partial charge in [-0.15, -0.1) is 0 Å². The number of nitrogens with one attached hydrogen (secondary N) is 1. The monoisotopic (exact) mass is 309 g/mol. The number of hydrogen-bond acceptors (Lipinski definition) is 6. The van der Waals surface area contributed by atoms with E-state index < -0.39 is 22.6 Å². The molecule has 0 atom stereocenters. The van der Waals surface area contributed by atoms with E-state index in [1.54, 1.807) is 6.07 Å². The van der Waals surface area contributed by atoms with E-state index in [0.29, 0.717) is 0 Å². The van der Waals surface area contributed by atoms with Gasteiger partial charge in [0.2, 0.25) is 5.95 Å². The lowest BCUT2D eigenvalue weighted by Crippen LogP contribution is -2.15. The average Bonchev–Trinajstić information content (AvgIpc) is 2.46. The summed E-state index contributed by atoms with van der Waals surface area (Å²) in [6.07, 6.45) is 2.82. The average molecular weight is 309 g/mol. The Balaban J connectivity index is 2.12. The number of aliphatic carboxylic acids is 1. The maximum atomic E-state index is 12.1. The second kappa shape index (κ2) is 6.18. The predicted octanol–water partition coefficient (Wildman–Crippen LogP) is 0.741. The number of ether oxygens (including phenoxy) is 1. The third kappa shape index (κ3) is 4.14. The summed E-state index contributed by atoms with van der Waals surface area (Å²) in [6.45, 7) is -0.498. The number of aromatic nitrogens is 2. The standard InChI is InChI=1S/C12H11N3O5S/c16-11(17)8-20-9-2-4-10(5-3-9)21(18,19)15-12-13-6-1-7-14-12/h1-7H,8H2,(H,16,17)(H,13,14,15). The first-order chi connectivity index (χ1) is 9.97. The molecule has 0 aliphatic carbocycles. The molecule has 1 aromatic heterocycles. The molecule has 0 spiro atoms. The van der Waals surface area contributed by atoms with Crippen LogP contribution in [-0.2, 0) is 14.8 Å². The highest BCUT2D eigenvalue weighted by Gasteiger charge is 2.15. The predicted molar refractivity (Wildman–Crippen MR) is 72.4 cm³/mol. The summed E-state index contributed by atoms with van der Waals surface area (Å²) in [4.78, 5) is 17.9. The quantitative estimate of drug-likeness (QED) is 0.807. The summed E-state index contributed by atoms with van der Waals surface area (Å²) in [5, 5.41) is 8.48. The molecule has 9 heteroatoms. The summed E-state index contributed by atoms with van der Waals surface area (Å²) in [5.74, 6) is -0.898. The van der Waals surface area contributed by atoms with Crippen molar-refractivity contribution in [3.05, 3.63) is 42.7 Å². The zero-order valence-electron chi connectivity index (χ0n) is 10.6. The zero-order valence-corrected chi connectivity index (χ0v) is 11.4. The fourth-order valence-corrected chi connectivity index (χ4v) is 2.35. The molecule has 0 bridgehead atoms. The van der Waals surface area contributed by atoms with Gasteiger partial charge in [0.1, 0.15) is 5.75 Å². The Hall–Kier alpha value is -2.68. The molecule has 2 aromatic rings. The second-order valence-electron chi connectivity index (χ2n) is 3.83. The van der Waals surface area contributed by atoms with E-state index in [1.807, 2.05) is 0 Å². The first-order valence-electron chi connectivity index (χ1n) is 5.72. The molecule has 2 rings (SSSR count). The van der Waals surface area contributed by atoms with E-state index in [-0.39, 0.29) is 16.6 Å². The maximum absolute atomic E-state index is 12.1. The maximum Gasteiger partial charge on any atom is 0.341 e. The Bertz CT molecular complexity index is 716. The molecule has 1 aromatic carbocycles. The Morgan fingerprint density at radius 2 is 1.81 bits per heavy atom. The van der Waals surface area contributed by atoms with E-state index in [4.69, 9.17) is 9.84 Å². The van der Waals surface area contributed by atoms with Gasteiger partial charge in [0, 0.05) is 12.4 Å². The number of carboxylic acids is 1. The van der Waals surface area contributed by atoms with Crippen LogP contribution in [0.3, 0.4) is 0 Å². The number of nitrogens with zero attached hydrogens (tertiary/aromatic N) is 2. The van der Waals surface area contributed by atoms with Gasteiger partial charge < -0.3 is 9.84 Å². The second-order valence-corrected chi connectivity index (χ2v) is 5.51. The molecule has 21 heavy (non-hydrogen) atoms. The molecule has 0 radical (unpaired) electrons. The van der Waals surface area contributed by atoms with Gasteiger partial charge >= 0.3 is 5.97 Å². The number of carboxylic acid groups (broad SMARTS) is 1. The third-order valence-electron chi connectivity index (χ3n) is 2.29. The Morgan fingerprint density at radius 3 is 2.38 bits per heavy atom. The largest absolute Gasteiger partial charge is 0.482 e. The highest BCUT2D eigenvalue weighted by atomic mass is 32.2. The molecule has 0 amide bonds. The summed E-state index contributed by atoms with van der Waals surface area (Å²) in [7, 11) is -3.81. The molecule has 0 aliphatic rings. The SMILES string of the molecule is O=C(O)COc1ccc(S(=O)(=O)Nc2ncccn2)cc1. The zero-order chi connectivity index (χ0) is 15.3. The molecule has 0 saturated carbocycles. The van der Waals surface area contributed by atoms with Gasteiger partial charge in [-0.05, 0) is 30.3 Å². The van der Waals surface area contributed by atoms with Crippen molar-refractivity contribution in [3.63, 3.8) is 0 Å². The van der Waals surface area contributed by atoms with Gasteiger partial charge in [0.25, 0.3) is 10.0 Å². The van der Waals surface area contributed by atoms with Gasteiger partial charge in [-0.1, -0.05) is 0 Å². The van der Waals surface area contributed by atoms with Crippen LogP contribution in [0.2, 0.25) is 0 Å². The van der Waals surface area contributed by atoms with Crippen LogP contribution >= 0.6 is 0 Å². The molecule has 8 nitrogen and oxygen atoms in total. The fourth-order valence-electron chi connectivity index (χ4n) is 1.39. The number of sulfonamides is 1. The molecule has 2 N–H and O–H groups in total. The minimum atomic E-state index is -3.81. The summed E-state index contributed by atoms with van der Waals surface area (Å²) < 4.78 is 31.2. The minimum Gasteiger partial charge on any atom is -0.482 e. The van der Waals surface area contributed by atoms with E-state index >= 15 is 0 Å². The lowest BCUT2D eigenvalue weighted by Gasteiger charge is -2.07. The molecular formula is C12H11N3O5S. The van der Waals surface area contributed by atoms with Gasteiger partial charge in [-0.2, -0.15) is 0 Å². The van der Waals surface area contributed by atoms with Crippen molar-refractivity contribution in [2.45, 2.75) is 4.90 Å². The van der Waals surface area contributed by atoms with Crippen molar-refractivity contribution in [2.75, 3.05) is 11.3 Å². The highest BCUT2D eigenvalue weighted by Crippen LogP contribution is 2.17. The highest BCUT2D eigenvalue weighted by molar-refractivity contribution is 7.92. The van der Waals surface area contributed by atoms with Crippen LogP contribution < -0.4 is 9.46 Å². The van der Waals surface area contributed by atoms with E-state index in [2.05, 4.69) is 14.7 Å². The Labute approximate surface area is 120 Å². The van der Waals surface area contributed by atoms with Crippen molar-refractivity contribution >= 4 is 21.9 Å². The minimum absolute atomic E-state index is 0.0161. The van der Waals surface area contributed by atoms with E-state index in [1.165, 1.54) is 36.7 Å². The van der Waals surface area contributed by atoms with Gasteiger partial charge in [-0.25, -0.2) is 27.9 Å². The first kappa shape index (κ1) is 14.7. The van der Waals surface area contributed by atoms with Crippen molar-refractivity contribution in [1.29, 1.82) is 0 Å². The van der Waals surface area contributed by atoms with Gasteiger partial charge in [0.15, 0.2) is 6.61 Å². The number of anilines is 1. The van der Waals surface area contributed by atoms with Crippen LogP contribution in [0.1, 0.15) is 0 Å². The van der Waals surface area contributed by atoms with E-state index in [0.717, 1.165) is 0 Å². The summed E-state index contributed by atoms with van der Waals surface area (Å²) in [6, 6.07) is 6.88. The topological polar surface area (TPSA) is 118 Å². The molecular weight excluding hydrogens is 298 g/mol. The van der Waals surface area contributed by atoms with Crippen LogP contribution in [0, 0.1) is 0 Å². The normalized spacial score (nSPS) is 10.9. The fraction of sp³-hybridized carbons (Fsp3) is 0.0833. The molecule has 0 unspecified atom stereocenters. The van der Waals surface area contributed by atoms with Crippen LogP contribution in [0.5, 0.6) is 5.75 Å². The molecule has 110 valence electrons. The van der Waals surface area contributed by atoms with Crippen molar-refractivity contribution in [3.8, 4) is 5.75 Å². The molecule has 0 saturated heterocycles. The van der Waals surface area contributed by atoms with Gasteiger partial charge in [-0.3, -0.25) is 0 Å². The number of rotatable bonds is 6. The molecule has 0 fully saturated rings. The lowest BCUT2D eigenvalue weighted by molar-refractivity contribution is -0.139. The van der Waals surface area contributed by atoms with Crippen molar-refractivity contribution in [1.82, 2.24) is 9.97 Å². The molecule has 1 heterocycles. The number of benzene rings is 1. The molecule has 0 aliphatic heterocycles. The Morgan fingerprint density at radius 1 is 1.19 bits per heavy atom. The van der Waals surface area contributed by atoms with Crippen LogP contribution in [0.4, 0.5) is 5.95 Å². The van der Waals surface area contributed by atoms with Crippen LogP contribution in [-0.4, -0.2) is 36.1 Å². The lowest BCUT2D eigenvalue weighted by atomic mass is 10.3.